The number of carbonyl (C=O) groups is 3. The van der Waals surface area contributed by atoms with E-state index in [4.69, 9.17) is 11.6 Å². The van der Waals surface area contributed by atoms with Gasteiger partial charge in [0.25, 0.3) is 17.7 Å². The number of hydrazone groups is 1. The highest BCUT2D eigenvalue weighted by Gasteiger charge is 2.34. The van der Waals surface area contributed by atoms with Gasteiger partial charge in [-0.1, -0.05) is 72.3 Å². The van der Waals surface area contributed by atoms with Crippen molar-refractivity contribution in [3.8, 4) is 0 Å². The van der Waals surface area contributed by atoms with Gasteiger partial charge in [-0.05, 0) is 71.7 Å². The van der Waals surface area contributed by atoms with Crippen LogP contribution in [-0.4, -0.2) is 45.8 Å². The summed E-state index contributed by atoms with van der Waals surface area (Å²) in [5.74, 6) is -0.342. The van der Waals surface area contributed by atoms with Crippen LogP contribution in [0.3, 0.4) is 0 Å². The fourth-order valence-electron chi connectivity index (χ4n) is 3.72. The number of rotatable bonds is 10. The number of hydrogen-bond acceptors (Lipinski definition) is 6. The van der Waals surface area contributed by atoms with Crippen LogP contribution in [0, 0.1) is 0 Å². The Bertz CT molecular complexity index is 1370. The molecule has 3 aromatic rings. The second kappa shape index (κ2) is 14.0. The normalized spacial score (nSPS) is 15.9. The highest BCUT2D eigenvalue weighted by atomic mass is 35.5. The maximum atomic E-state index is 13.4. The lowest BCUT2D eigenvalue weighted by Crippen LogP contribution is -2.46. The fourth-order valence-corrected chi connectivity index (χ4v) is 5.26. The molecule has 0 radical (unpaired) electrons. The molecule has 1 atom stereocenters. The number of nitrogens with zero attached hydrogens (tertiary/aromatic N) is 2. The summed E-state index contributed by atoms with van der Waals surface area (Å²) in [7, 11) is 0. The number of thioether (sulfide) groups is 2. The van der Waals surface area contributed by atoms with Crippen LogP contribution in [0.25, 0.3) is 6.08 Å². The summed E-state index contributed by atoms with van der Waals surface area (Å²) in [4.78, 5) is 41.2. The molecule has 200 valence electrons. The first-order valence-electron chi connectivity index (χ1n) is 12.2. The molecule has 1 heterocycles. The molecule has 0 aliphatic carbocycles. The number of nitrogens with one attached hydrogen (secondary N) is 2. The summed E-state index contributed by atoms with van der Waals surface area (Å²) in [5, 5.41) is 8.09. The van der Waals surface area contributed by atoms with Crippen molar-refractivity contribution in [2.75, 3.05) is 12.0 Å². The predicted molar refractivity (Wildman–Crippen MR) is 160 cm³/mol. The molecule has 0 aromatic heterocycles. The van der Waals surface area contributed by atoms with Crippen LogP contribution < -0.4 is 10.7 Å². The minimum absolute atomic E-state index is 0.219. The van der Waals surface area contributed by atoms with E-state index in [2.05, 4.69) is 15.8 Å². The zero-order chi connectivity index (χ0) is 27.6. The molecule has 7 nitrogen and oxygen atoms in total. The van der Waals surface area contributed by atoms with E-state index in [0.29, 0.717) is 39.4 Å². The standard InChI is InChI=1S/C29H27ClN4O3S2/c1-38-17-16-24(31-26(35)22-10-6-3-7-11-22)27(36)32-33-29-34(19-21-8-4-2-5-9-21)28(37)25(39-29)18-20-12-14-23(30)15-13-20/h2-15,18,24H,16-17,19H2,1H3,(H,31,35)(H,32,36)/b25-18+,33-29-. The molecule has 3 amide bonds. The smallest absolute Gasteiger partial charge is 0.267 e. The highest BCUT2D eigenvalue weighted by molar-refractivity contribution is 8.18. The van der Waals surface area contributed by atoms with Gasteiger partial charge >= 0.3 is 0 Å². The third-order valence-corrected chi connectivity index (χ3v) is 7.67. The Morgan fingerprint density at radius 2 is 1.69 bits per heavy atom. The van der Waals surface area contributed by atoms with Gasteiger partial charge in [0.1, 0.15) is 6.04 Å². The lowest BCUT2D eigenvalue weighted by molar-refractivity contribution is -0.124. The van der Waals surface area contributed by atoms with Gasteiger partial charge in [-0.15, -0.1) is 5.10 Å². The molecule has 10 heteroatoms. The second-order valence-electron chi connectivity index (χ2n) is 8.58. The molecule has 0 spiro atoms. The van der Waals surface area contributed by atoms with E-state index >= 15 is 0 Å². The van der Waals surface area contributed by atoms with Crippen molar-refractivity contribution in [1.82, 2.24) is 15.6 Å². The molecule has 1 aliphatic rings. The van der Waals surface area contributed by atoms with Gasteiger partial charge in [0.15, 0.2) is 5.17 Å². The maximum Gasteiger partial charge on any atom is 0.267 e. The van der Waals surface area contributed by atoms with E-state index in [1.165, 1.54) is 16.7 Å². The number of amidine groups is 1. The molecule has 39 heavy (non-hydrogen) atoms. The second-order valence-corrected chi connectivity index (χ2v) is 11.0. The first-order valence-corrected chi connectivity index (χ1v) is 14.8. The van der Waals surface area contributed by atoms with Crippen molar-refractivity contribution in [3.63, 3.8) is 0 Å². The number of halogens is 1. The van der Waals surface area contributed by atoms with Crippen LogP contribution in [0.5, 0.6) is 0 Å². The number of benzene rings is 3. The van der Waals surface area contributed by atoms with Gasteiger partial charge < -0.3 is 5.32 Å². The Balaban J connectivity index is 1.54. The molecule has 1 aliphatic heterocycles. The summed E-state index contributed by atoms with van der Waals surface area (Å²) >= 11 is 8.75. The van der Waals surface area contributed by atoms with Crippen LogP contribution in [0.1, 0.15) is 27.9 Å². The molecule has 0 bridgehead atoms. The molecule has 1 saturated heterocycles. The van der Waals surface area contributed by atoms with Crippen LogP contribution >= 0.6 is 35.1 Å². The molecule has 2 N–H and O–H groups in total. The van der Waals surface area contributed by atoms with Crippen LogP contribution in [-0.2, 0) is 16.1 Å². The van der Waals surface area contributed by atoms with E-state index in [9.17, 15) is 14.4 Å². The average molecular weight is 579 g/mol. The summed E-state index contributed by atoms with van der Waals surface area (Å²) in [6, 6.07) is 24.7. The van der Waals surface area contributed by atoms with Gasteiger partial charge in [-0.2, -0.15) is 11.8 Å². The van der Waals surface area contributed by atoms with E-state index in [0.717, 1.165) is 11.1 Å². The van der Waals surface area contributed by atoms with E-state index in [-0.39, 0.29) is 11.8 Å². The van der Waals surface area contributed by atoms with Crippen molar-refractivity contribution >= 4 is 64.1 Å². The average Bonchev–Trinajstić information content (AvgIpc) is 3.25. The van der Waals surface area contributed by atoms with Gasteiger partial charge in [0, 0.05) is 10.6 Å². The van der Waals surface area contributed by atoms with Gasteiger partial charge in [0.2, 0.25) is 0 Å². The first-order chi connectivity index (χ1) is 18.9. The lowest BCUT2D eigenvalue weighted by atomic mass is 10.1. The topological polar surface area (TPSA) is 90.9 Å². The summed E-state index contributed by atoms with van der Waals surface area (Å²) in [5.41, 5.74) is 4.79. The lowest BCUT2D eigenvalue weighted by Gasteiger charge is -2.18. The molecule has 1 unspecified atom stereocenters. The molecule has 1 fully saturated rings. The number of carbonyl (C=O) groups excluding carboxylic acids is 3. The highest BCUT2D eigenvalue weighted by Crippen LogP contribution is 2.33. The Kier molecular flexibility index (Phi) is 10.2. The van der Waals surface area contributed by atoms with Gasteiger partial charge in [-0.3, -0.25) is 19.3 Å². The third kappa shape index (κ3) is 7.98. The monoisotopic (exact) mass is 578 g/mol. The SMILES string of the molecule is CSCCC(NC(=O)c1ccccc1)C(=O)N/N=C1\S/C(=C/c2ccc(Cl)cc2)C(=O)N1Cc1ccccc1. The Labute approximate surface area is 241 Å². The van der Waals surface area contributed by atoms with Crippen molar-refractivity contribution in [3.05, 3.63) is 112 Å². The summed E-state index contributed by atoms with van der Waals surface area (Å²) in [6.07, 6.45) is 4.13. The molecule has 3 aromatic carbocycles. The van der Waals surface area contributed by atoms with E-state index in [1.807, 2.05) is 54.8 Å². The molecule has 4 rings (SSSR count). The first kappa shape index (κ1) is 28.5. The van der Waals surface area contributed by atoms with Crippen LogP contribution in [0.2, 0.25) is 5.02 Å². The summed E-state index contributed by atoms with van der Waals surface area (Å²) in [6.45, 7) is 0.292. The molecule has 0 saturated carbocycles. The molecular weight excluding hydrogens is 552 g/mol. The Morgan fingerprint density at radius 1 is 1.03 bits per heavy atom. The quantitative estimate of drug-likeness (QED) is 0.248. The predicted octanol–water partition coefficient (Wildman–Crippen LogP) is 5.40. The van der Waals surface area contributed by atoms with Crippen LogP contribution in [0.4, 0.5) is 0 Å². The minimum Gasteiger partial charge on any atom is -0.340 e. The third-order valence-electron chi connectivity index (χ3n) is 5.77. The van der Waals surface area contributed by atoms with Crippen LogP contribution in [0.15, 0.2) is 94.9 Å². The van der Waals surface area contributed by atoms with Crippen molar-refractivity contribution in [2.24, 2.45) is 5.10 Å². The fraction of sp³-hybridized carbons (Fsp3) is 0.172. The van der Waals surface area contributed by atoms with E-state index in [1.54, 1.807) is 54.2 Å². The number of hydrogen-bond donors (Lipinski definition) is 2. The Hall–Kier alpha value is -3.53. The number of amides is 3. The zero-order valence-electron chi connectivity index (χ0n) is 21.2. The van der Waals surface area contributed by atoms with Gasteiger partial charge in [-0.25, -0.2) is 5.43 Å². The Morgan fingerprint density at radius 3 is 2.36 bits per heavy atom. The van der Waals surface area contributed by atoms with Crippen molar-refractivity contribution in [1.29, 1.82) is 0 Å². The maximum absolute atomic E-state index is 13.4. The molecular formula is C29H27ClN4O3S2. The summed E-state index contributed by atoms with van der Waals surface area (Å²) < 4.78 is 0. The van der Waals surface area contributed by atoms with Gasteiger partial charge in [0.05, 0.1) is 11.4 Å². The largest absolute Gasteiger partial charge is 0.340 e. The van der Waals surface area contributed by atoms with E-state index < -0.39 is 11.9 Å². The minimum atomic E-state index is -0.789. The zero-order valence-corrected chi connectivity index (χ0v) is 23.6. The van der Waals surface area contributed by atoms with Crippen molar-refractivity contribution < 1.29 is 14.4 Å². The van der Waals surface area contributed by atoms with Crippen molar-refractivity contribution in [2.45, 2.75) is 19.0 Å².